The molecule has 28 heavy (non-hydrogen) atoms. The number of likely N-dealkylation sites (tertiary alicyclic amines) is 1. The standard InChI is InChI=1S/C20H30N4O3.ClH/c1-15(25)22-16-6-5-10-24(13-16)20(26)14-23-11-9-21-12-18(23)17-7-3-4-8-19(17)27-2;/h3-4,7-8,16,18,21H,5-6,9-14H2,1-2H3,(H,22,25);1H. The average molecular weight is 411 g/mol. The number of para-hydroxylation sites is 1. The highest BCUT2D eigenvalue weighted by Gasteiger charge is 2.30. The van der Waals surface area contributed by atoms with E-state index in [-0.39, 0.29) is 36.3 Å². The molecule has 7 nitrogen and oxygen atoms in total. The summed E-state index contributed by atoms with van der Waals surface area (Å²) in [5.41, 5.74) is 1.11. The van der Waals surface area contributed by atoms with Gasteiger partial charge >= 0.3 is 0 Å². The monoisotopic (exact) mass is 410 g/mol. The van der Waals surface area contributed by atoms with Gasteiger partial charge < -0.3 is 20.3 Å². The van der Waals surface area contributed by atoms with E-state index in [2.05, 4.69) is 21.6 Å². The number of halogens is 1. The summed E-state index contributed by atoms with van der Waals surface area (Å²) in [6.07, 6.45) is 1.86. The molecule has 2 heterocycles. The molecule has 2 aliphatic heterocycles. The molecule has 2 unspecified atom stereocenters. The molecule has 0 saturated carbocycles. The Morgan fingerprint density at radius 2 is 2.07 bits per heavy atom. The highest BCUT2D eigenvalue weighted by Crippen LogP contribution is 2.30. The van der Waals surface area contributed by atoms with Crippen molar-refractivity contribution in [1.29, 1.82) is 0 Å². The van der Waals surface area contributed by atoms with Crippen LogP contribution in [-0.4, -0.2) is 74.0 Å². The Kier molecular flexibility index (Phi) is 8.54. The first-order chi connectivity index (χ1) is 13.1. The first kappa shape index (κ1) is 22.5. The van der Waals surface area contributed by atoms with Crippen molar-refractivity contribution in [2.24, 2.45) is 0 Å². The van der Waals surface area contributed by atoms with Gasteiger partial charge in [-0.05, 0) is 18.9 Å². The first-order valence-electron chi connectivity index (χ1n) is 9.71. The van der Waals surface area contributed by atoms with Crippen LogP contribution in [0.4, 0.5) is 0 Å². The lowest BCUT2D eigenvalue weighted by Gasteiger charge is -2.39. The highest BCUT2D eigenvalue weighted by molar-refractivity contribution is 5.85. The second-order valence-electron chi connectivity index (χ2n) is 7.31. The van der Waals surface area contributed by atoms with Crippen LogP contribution in [0.15, 0.2) is 24.3 Å². The van der Waals surface area contributed by atoms with Crippen LogP contribution in [0.3, 0.4) is 0 Å². The van der Waals surface area contributed by atoms with Crippen molar-refractivity contribution in [2.45, 2.75) is 31.8 Å². The van der Waals surface area contributed by atoms with Crippen molar-refractivity contribution in [2.75, 3.05) is 46.4 Å². The van der Waals surface area contributed by atoms with Crippen molar-refractivity contribution in [1.82, 2.24) is 20.4 Å². The van der Waals surface area contributed by atoms with Gasteiger partial charge in [0.2, 0.25) is 11.8 Å². The van der Waals surface area contributed by atoms with Gasteiger partial charge in [-0.3, -0.25) is 14.5 Å². The second kappa shape index (κ2) is 10.6. The predicted octanol–water partition coefficient (Wildman–Crippen LogP) is 1.19. The van der Waals surface area contributed by atoms with E-state index in [4.69, 9.17) is 4.74 Å². The fourth-order valence-corrected chi connectivity index (χ4v) is 4.07. The molecule has 156 valence electrons. The Hall–Kier alpha value is -1.83. The summed E-state index contributed by atoms with van der Waals surface area (Å²) in [6.45, 7) is 5.76. The Balaban J connectivity index is 0.00000280. The van der Waals surface area contributed by atoms with Gasteiger partial charge in [0, 0.05) is 51.3 Å². The number of benzene rings is 1. The van der Waals surface area contributed by atoms with Crippen LogP contribution in [0.25, 0.3) is 0 Å². The number of hydrogen-bond acceptors (Lipinski definition) is 5. The average Bonchev–Trinajstić information content (AvgIpc) is 2.68. The van der Waals surface area contributed by atoms with Gasteiger partial charge in [0.1, 0.15) is 5.75 Å². The third-order valence-corrected chi connectivity index (χ3v) is 5.37. The lowest BCUT2D eigenvalue weighted by Crippen LogP contribution is -2.54. The smallest absolute Gasteiger partial charge is 0.236 e. The maximum Gasteiger partial charge on any atom is 0.236 e. The largest absolute Gasteiger partial charge is 0.496 e. The third kappa shape index (κ3) is 5.59. The van der Waals surface area contributed by atoms with Gasteiger partial charge in [-0.1, -0.05) is 18.2 Å². The number of methoxy groups -OCH3 is 1. The van der Waals surface area contributed by atoms with Crippen LogP contribution < -0.4 is 15.4 Å². The Labute approximate surface area is 173 Å². The molecule has 0 spiro atoms. The molecule has 1 aromatic carbocycles. The molecule has 2 amide bonds. The van der Waals surface area contributed by atoms with Crippen LogP contribution in [0.1, 0.15) is 31.4 Å². The molecule has 0 aliphatic carbocycles. The number of piperazine rings is 1. The number of rotatable bonds is 5. The number of ether oxygens (including phenoxy) is 1. The number of amides is 2. The van der Waals surface area contributed by atoms with Crippen molar-refractivity contribution in [3.05, 3.63) is 29.8 Å². The van der Waals surface area contributed by atoms with E-state index in [1.54, 1.807) is 7.11 Å². The van der Waals surface area contributed by atoms with Crippen molar-refractivity contribution in [3.8, 4) is 5.75 Å². The lowest BCUT2D eigenvalue weighted by atomic mass is 10.0. The summed E-state index contributed by atoms with van der Waals surface area (Å²) in [4.78, 5) is 28.4. The van der Waals surface area contributed by atoms with E-state index in [1.165, 1.54) is 6.92 Å². The zero-order valence-electron chi connectivity index (χ0n) is 16.6. The van der Waals surface area contributed by atoms with Crippen LogP contribution in [0.2, 0.25) is 0 Å². The van der Waals surface area contributed by atoms with E-state index in [1.807, 2.05) is 23.1 Å². The Bertz CT molecular complexity index is 673. The van der Waals surface area contributed by atoms with Gasteiger partial charge in [0.25, 0.3) is 0 Å². The van der Waals surface area contributed by atoms with Crippen molar-refractivity contribution < 1.29 is 14.3 Å². The zero-order valence-corrected chi connectivity index (χ0v) is 17.5. The minimum Gasteiger partial charge on any atom is -0.496 e. The fraction of sp³-hybridized carbons (Fsp3) is 0.600. The van der Waals surface area contributed by atoms with E-state index >= 15 is 0 Å². The number of piperidine rings is 1. The molecule has 1 aromatic rings. The molecule has 0 bridgehead atoms. The molecule has 2 saturated heterocycles. The third-order valence-electron chi connectivity index (χ3n) is 5.37. The normalized spacial score (nSPS) is 22.9. The number of carbonyl (C=O) groups is 2. The van der Waals surface area contributed by atoms with E-state index < -0.39 is 0 Å². The van der Waals surface area contributed by atoms with E-state index in [0.717, 1.165) is 50.3 Å². The molecular formula is C20H31ClN4O3. The zero-order chi connectivity index (χ0) is 19.2. The van der Waals surface area contributed by atoms with Crippen LogP contribution in [-0.2, 0) is 9.59 Å². The fourth-order valence-electron chi connectivity index (χ4n) is 4.07. The van der Waals surface area contributed by atoms with Gasteiger partial charge in [0.05, 0.1) is 19.7 Å². The minimum atomic E-state index is -0.0346. The lowest BCUT2D eigenvalue weighted by molar-refractivity contribution is -0.135. The summed E-state index contributed by atoms with van der Waals surface area (Å²) in [6, 6.07) is 8.18. The van der Waals surface area contributed by atoms with Gasteiger partial charge in [-0.25, -0.2) is 0 Å². The summed E-state index contributed by atoms with van der Waals surface area (Å²) in [7, 11) is 1.68. The summed E-state index contributed by atoms with van der Waals surface area (Å²) < 4.78 is 5.53. The van der Waals surface area contributed by atoms with Crippen molar-refractivity contribution in [3.63, 3.8) is 0 Å². The van der Waals surface area contributed by atoms with Gasteiger partial charge in [0.15, 0.2) is 0 Å². The van der Waals surface area contributed by atoms with Crippen LogP contribution >= 0.6 is 12.4 Å². The number of nitrogens with zero attached hydrogens (tertiary/aromatic N) is 2. The summed E-state index contributed by atoms with van der Waals surface area (Å²) >= 11 is 0. The molecule has 3 rings (SSSR count). The van der Waals surface area contributed by atoms with E-state index in [0.29, 0.717) is 13.1 Å². The molecule has 8 heteroatoms. The SMILES string of the molecule is COc1ccccc1C1CNCCN1CC(=O)N1CCCC(NC(C)=O)C1.Cl. The number of hydrogen-bond donors (Lipinski definition) is 2. The first-order valence-corrected chi connectivity index (χ1v) is 9.71. The summed E-state index contributed by atoms with van der Waals surface area (Å²) in [5, 5.41) is 6.37. The molecule has 2 N–H and O–H groups in total. The maximum atomic E-state index is 12.9. The molecular weight excluding hydrogens is 380 g/mol. The highest BCUT2D eigenvalue weighted by atomic mass is 35.5. The van der Waals surface area contributed by atoms with Gasteiger partial charge in [-0.15, -0.1) is 12.4 Å². The van der Waals surface area contributed by atoms with Crippen LogP contribution in [0.5, 0.6) is 5.75 Å². The van der Waals surface area contributed by atoms with E-state index in [9.17, 15) is 9.59 Å². The van der Waals surface area contributed by atoms with Crippen molar-refractivity contribution >= 4 is 24.2 Å². The van der Waals surface area contributed by atoms with Gasteiger partial charge in [-0.2, -0.15) is 0 Å². The molecule has 0 aromatic heterocycles. The maximum absolute atomic E-state index is 12.9. The number of nitrogens with one attached hydrogen (secondary N) is 2. The Morgan fingerprint density at radius 3 is 2.82 bits per heavy atom. The number of carbonyl (C=O) groups excluding carboxylic acids is 2. The molecule has 0 radical (unpaired) electrons. The van der Waals surface area contributed by atoms with Crippen LogP contribution in [0, 0.1) is 0 Å². The molecule has 2 atom stereocenters. The topological polar surface area (TPSA) is 73.9 Å². The minimum absolute atomic E-state index is 0. The Morgan fingerprint density at radius 1 is 1.29 bits per heavy atom. The second-order valence-corrected chi connectivity index (χ2v) is 7.31. The molecule has 2 aliphatic rings. The quantitative estimate of drug-likeness (QED) is 0.762. The molecule has 2 fully saturated rings. The predicted molar refractivity (Wildman–Crippen MR) is 111 cm³/mol. The summed E-state index contributed by atoms with van der Waals surface area (Å²) in [5.74, 6) is 0.951.